The molecule has 21 heavy (non-hydrogen) atoms. The van der Waals surface area contributed by atoms with E-state index in [-0.39, 0.29) is 11.9 Å². The second-order valence-corrected chi connectivity index (χ2v) is 6.79. The van der Waals surface area contributed by atoms with Crippen LogP contribution in [0.5, 0.6) is 0 Å². The molecule has 0 aliphatic carbocycles. The quantitative estimate of drug-likeness (QED) is 0.754. The van der Waals surface area contributed by atoms with Crippen LogP contribution in [0.2, 0.25) is 0 Å². The topological polar surface area (TPSA) is 20.3 Å². The number of fused-ring (bicyclic) bond motifs is 4. The zero-order valence-corrected chi connectivity index (χ0v) is 13.2. The summed E-state index contributed by atoms with van der Waals surface area (Å²) in [6.07, 6.45) is 3.17. The van der Waals surface area contributed by atoms with Crippen molar-refractivity contribution in [2.75, 3.05) is 0 Å². The lowest BCUT2D eigenvalue weighted by atomic mass is 9.92. The molecule has 2 aromatic carbocycles. The van der Waals surface area contributed by atoms with Crippen LogP contribution in [0.15, 0.2) is 53.0 Å². The lowest BCUT2D eigenvalue weighted by Gasteiger charge is -2.36. The predicted molar refractivity (Wildman–Crippen MR) is 86.2 cm³/mol. The van der Waals surface area contributed by atoms with Crippen molar-refractivity contribution in [3.05, 3.63) is 69.7 Å². The van der Waals surface area contributed by atoms with Gasteiger partial charge in [-0.3, -0.25) is 4.79 Å². The van der Waals surface area contributed by atoms with Gasteiger partial charge in [-0.15, -0.1) is 0 Å². The van der Waals surface area contributed by atoms with Gasteiger partial charge in [0.2, 0.25) is 0 Å². The number of amides is 1. The van der Waals surface area contributed by atoms with Crippen molar-refractivity contribution in [2.24, 2.45) is 0 Å². The van der Waals surface area contributed by atoms with Crippen molar-refractivity contribution >= 4 is 21.8 Å². The lowest BCUT2D eigenvalue weighted by molar-refractivity contribution is 0.0646. The second-order valence-electron chi connectivity index (χ2n) is 5.87. The molecular formula is C18H16BrNO. The van der Waals surface area contributed by atoms with E-state index in [1.807, 2.05) is 30.3 Å². The van der Waals surface area contributed by atoms with Crippen molar-refractivity contribution in [3.63, 3.8) is 0 Å². The smallest absolute Gasteiger partial charge is 0.254 e. The molecule has 4 rings (SSSR count). The third kappa shape index (κ3) is 2.11. The highest BCUT2D eigenvalue weighted by atomic mass is 79.9. The Morgan fingerprint density at radius 1 is 1.10 bits per heavy atom. The van der Waals surface area contributed by atoms with E-state index in [0.717, 1.165) is 29.3 Å². The molecule has 106 valence electrons. The van der Waals surface area contributed by atoms with E-state index in [4.69, 9.17) is 0 Å². The maximum atomic E-state index is 12.9. The maximum absolute atomic E-state index is 12.9. The van der Waals surface area contributed by atoms with Gasteiger partial charge in [0.25, 0.3) is 5.91 Å². The molecule has 2 heterocycles. The molecular weight excluding hydrogens is 326 g/mol. The summed E-state index contributed by atoms with van der Waals surface area (Å²) in [5.74, 6) is 0.175. The van der Waals surface area contributed by atoms with Crippen LogP contribution in [-0.4, -0.2) is 16.8 Å². The highest BCUT2D eigenvalue weighted by Gasteiger charge is 2.42. The van der Waals surface area contributed by atoms with Crippen LogP contribution >= 0.6 is 15.9 Å². The summed E-state index contributed by atoms with van der Waals surface area (Å²) in [6.45, 7) is 0. The van der Waals surface area contributed by atoms with E-state index in [0.29, 0.717) is 6.04 Å². The number of carbonyl (C=O) groups excluding carboxylic acids is 1. The van der Waals surface area contributed by atoms with Crippen molar-refractivity contribution in [1.82, 2.24) is 4.90 Å². The number of rotatable bonds is 1. The molecule has 1 saturated heterocycles. The highest BCUT2D eigenvalue weighted by molar-refractivity contribution is 9.10. The summed E-state index contributed by atoms with van der Waals surface area (Å²) in [6, 6.07) is 16.7. The zero-order valence-electron chi connectivity index (χ0n) is 11.6. The third-order valence-electron chi connectivity index (χ3n) is 4.68. The molecule has 2 aromatic rings. The molecule has 2 aliphatic heterocycles. The molecule has 2 aliphatic rings. The Balaban J connectivity index is 1.74. The normalized spacial score (nSPS) is 23.0. The Morgan fingerprint density at radius 3 is 2.71 bits per heavy atom. The molecule has 1 fully saturated rings. The first-order valence-electron chi connectivity index (χ1n) is 7.40. The number of hydrogen-bond donors (Lipinski definition) is 0. The molecule has 3 heteroatoms. The van der Waals surface area contributed by atoms with Gasteiger partial charge >= 0.3 is 0 Å². The molecule has 1 amide bonds. The summed E-state index contributed by atoms with van der Waals surface area (Å²) in [5, 5.41) is 0. The van der Waals surface area contributed by atoms with Crippen LogP contribution in [0.25, 0.3) is 0 Å². The molecule has 2 nitrogen and oxygen atoms in total. The Hall–Kier alpha value is -1.61. The first-order valence-corrected chi connectivity index (χ1v) is 8.19. The fraction of sp³-hybridized carbons (Fsp3) is 0.278. The number of carbonyl (C=O) groups is 1. The van der Waals surface area contributed by atoms with Crippen LogP contribution < -0.4 is 0 Å². The van der Waals surface area contributed by atoms with E-state index < -0.39 is 0 Å². The van der Waals surface area contributed by atoms with Gasteiger partial charge in [0, 0.05) is 16.1 Å². The molecule has 0 aromatic heterocycles. The van der Waals surface area contributed by atoms with Gasteiger partial charge in [-0.1, -0.05) is 40.2 Å². The van der Waals surface area contributed by atoms with Crippen molar-refractivity contribution in [3.8, 4) is 0 Å². The number of halogens is 1. The predicted octanol–water partition coefficient (Wildman–Crippen LogP) is 4.35. The van der Waals surface area contributed by atoms with Crippen LogP contribution in [-0.2, 0) is 6.42 Å². The molecule has 0 radical (unpaired) electrons. The van der Waals surface area contributed by atoms with Gasteiger partial charge in [0.1, 0.15) is 0 Å². The molecule has 2 atom stereocenters. The Labute approximate surface area is 132 Å². The average Bonchev–Trinajstić information content (AvgIpc) is 2.84. The molecule has 0 saturated carbocycles. The summed E-state index contributed by atoms with van der Waals surface area (Å²) < 4.78 is 1.10. The van der Waals surface area contributed by atoms with Gasteiger partial charge in [0.15, 0.2) is 0 Å². The van der Waals surface area contributed by atoms with Crippen LogP contribution in [0.3, 0.4) is 0 Å². The number of hydrogen-bond acceptors (Lipinski definition) is 1. The third-order valence-corrected chi connectivity index (χ3v) is 5.17. The van der Waals surface area contributed by atoms with Gasteiger partial charge in [-0.25, -0.2) is 0 Å². The highest BCUT2D eigenvalue weighted by Crippen LogP contribution is 2.45. The van der Waals surface area contributed by atoms with E-state index in [9.17, 15) is 4.79 Å². The molecule has 0 N–H and O–H groups in total. The Morgan fingerprint density at radius 2 is 1.90 bits per heavy atom. The molecule has 0 spiro atoms. The van der Waals surface area contributed by atoms with Crippen LogP contribution in [0.4, 0.5) is 0 Å². The van der Waals surface area contributed by atoms with Crippen molar-refractivity contribution in [1.29, 1.82) is 0 Å². The Kier molecular flexibility index (Phi) is 3.11. The van der Waals surface area contributed by atoms with E-state index in [2.05, 4.69) is 39.0 Å². The van der Waals surface area contributed by atoms with Crippen LogP contribution in [0, 0.1) is 0 Å². The minimum Gasteiger partial charge on any atom is -0.328 e. The summed E-state index contributed by atoms with van der Waals surface area (Å²) in [7, 11) is 0. The second kappa shape index (κ2) is 4.99. The SMILES string of the molecule is O=C(c1ccccc1)N1C2CCC1c1cc(Br)ccc1C2. The summed E-state index contributed by atoms with van der Waals surface area (Å²) >= 11 is 3.56. The fourth-order valence-corrected chi connectivity index (χ4v) is 4.12. The first-order chi connectivity index (χ1) is 10.2. The summed E-state index contributed by atoms with van der Waals surface area (Å²) in [5.41, 5.74) is 3.53. The zero-order chi connectivity index (χ0) is 14.4. The molecule has 2 unspecified atom stereocenters. The van der Waals surface area contributed by atoms with Gasteiger partial charge in [-0.05, 0) is 54.7 Å². The largest absolute Gasteiger partial charge is 0.328 e. The lowest BCUT2D eigenvalue weighted by Crippen LogP contribution is -2.41. The van der Waals surface area contributed by atoms with E-state index in [1.54, 1.807) is 0 Å². The standard InChI is InChI=1S/C18H16BrNO/c19-14-7-6-13-10-15-8-9-17(16(13)11-14)20(15)18(21)12-4-2-1-3-5-12/h1-7,11,15,17H,8-10H2. The maximum Gasteiger partial charge on any atom is 0.254 e. The Bertz CT molecular complexity index is 698. The van der Waals surface area contributed by atoms with Crippen molar-refractivity contribution < 1.29 is 4.79 Å². The number of benzene rings is 2. The minimum absolute atomic E-state index is 0.175. The number of nitrogens with zero attached hydrogens (tertiary/aromatic N) is 1. The fourth-order valence-electron chi connectivity index (χ4n) is 3.74. The van der Waals surface area contributed by atoms with Gasteiger partial charge < -0.3 is 4.90 Å². The average molecular weight is 342 g/mol. The minimum atomic E-state index is 0.175. The monoisotopic (exact) mass is 341 g/mol. The summed E-state index contributed by atoms with van der Waals surface area (Å²) in [4.78, 5) is 15.0. The first kappa shape index (κ1) is 13.1. The van der Waals surface area contributed by atoms with E-state index >= 15 is 0 Å². The van der Waals surface area contributed by atoms with Gasteiger partial charge in [-0.2, -0.15) is 0 Å². The van der Waals surface area contributed by atoms with E-state index in [1.165, 1.54) is 11.1 Å². The van der Waals surface area contributed by atoms with Gasteiger partial charge in [0.05, 0.1) is 6.04 Å². The van der Waals surface area contributed by atoms with Crippen LogP contribution in [0.1, 0.15) is 40.4 Å². The van der Waals surface area contributed by atoms with Crippen molar-refractivity contribution in [2.45, 2.75) is 31.3 Å². The molecule has 2 bridgehead atoms.